The predicted molar refractivity (Wildman–Crippen MR) is 81.6 cm³/mol. The number of ether oxygens (including phenoxy) is 3. The number of carbonyl (C=O) groups is 1. The minimum Gasteiger partial charge on any atom is -0.493 e. The molecule has 2 aliphatic heterocycles. The fraction of sp³-hybridized carbons (Fsp3) is 0.562. The van der Waals surface area contributed by atoms with Crippen LogP contribution in [0, 0.1) is 0 Å². The van der Waals surface area contributed by atoms with Gasteiger partial charge in [0.1, 0.15) is 0 Å². The molecule has 1 atom stereocenters. The number of amides is 1. The summed E-state index contributed by atoms with van der Waals surface area (Å²) in [5, 5.41) is 0. The summed E-state index contributed by atoms with van der Waals surface area (Å²) < 4.78 is 16.6. The van der Waals surface area contributed by atoms with Crippen molar-refractivity contribution >= 4 is 5.91 Å². The molecule has 2 N–H and O–H groups in total. The second-order valence-electron chi connectivity index (χ2n) is 6.16. The third kappa shape index (κ3) is 2.64. The van der Waals surface area contributed by atoms with Crippen molar-refractivity contribution in [1.82, 2.24) is 4.90 Å². The van der Waals surface area contributed by atoms with E-state index in [1.165, 1.54) is 0 Å². The van der Waals surface area contributed by atoms with E-state index in [2.05, 4.69) is 11.8 Å². The third-order valence-corrected chi connectivity index (χ3v) is 4.42. The van der Waals surface area contributed by atoms with Gasteiger partial charge >= 0.3 is 0 Å². The SMILES string of the molecule is COc1cc(C(N)=O)cc2c1OCC2(C)CN1CCOCC1. The maximum atomic E-state index is 11.6. The first-order valence-corrected chi connectivity index (χ1v) is 7.49. The van der Waals surface area contributed by atoms with Gasteiger partial charge in [-0.15, -0.1) is 0 Å². The molecule has 0 aliphatic carbocycles. The van der Waals surface area contributed by atoms with E-state index in [9.17, 15) is 4.79 Å². The Kier molecular flexibility index (Phi) is 3.97. The summed E-state index contributed by atoms with van der Waals surface area (Å²) >= 11 is 0. The molecular formula is C16H22N2O4. The maximum Gasteiger partial charge on any atom is 0.248 e. The number of primary amides is 1. The van der Waals surface area contributed by atoms with E-state index < -0.39 is 5.91 Å². The van der Waals surface area contributed by atoms with Crippen LogP contribution in [-0.4, -0.2) is 57.4 Å². The van der Waals surface area contributed by atoms with Crippen molar-refractivity contribution in [3.05, 3.63) is 23.3 Å². The molecule has 6 heteroatoms. The summed E-state index contributed by atoms with van der Waals surface area (Å²) in [7, 11) is 1.57. The average molecular weight is 306 g/mol. The number of benzene rings is 1. The lowest BCUT2D eigenvalue weighted by atomic mass is 9.83. The van der Waals surface area contributed by atoms with Gasteiger partial charge in [-0.3, -0.25) is 9.69 Å². The zero-order valence-corrected chi connectivity index (χ0v) is 13.1. The topological polar surface area (TPSA) is 74.0 Å². The lowest BCUT2D eigenvalue weighted by molar-refractivity contribution is 0.0263. The van der Waals surface area contributed by atoms with Gasteiger partial charge in [-0.2, -0.15) is 0 Å². The van der Waals surface area contributed by atoms with E-state index >= 15 is 0 Å². The Morgan fingerprint density at radius 1 is 1.41 bits per heavy atom. The van der Waals surface area contributed by atoms with Gasteiger partial charge in [0.05, 0.1) is 26.9 Å². The first kappa shape index (κ1) is 15.1. The van der Waals surface area contributed by atoms with Crippen molar-refractivity contribution in [2.45, 2.75) is 12.3 Å². The van der Waals surface area contributed by atoms with Gasteiger partial charge in [0, 0.05) is 36.2 Å². The highest BCUT2D eigenvalue weighted by Gasteiger charge is 2.40. The normalized spacial score (nSPS) is 24.6. The summed E-state index contributed by atoms with van der Waals surface area (Å²) in [4.78, 5) is 13.9. The number of nitrogens with zero attached hydrogens (tertiary/aromatic N) is 1. The molecule has 0 bridgehead atoms. The van der Waals surface area contributed by atoms with Crippen molar-refractivity contribution in [1.29, 1.82) is 0 Å². The number of rotatable bonds is 4. The molecule has 1 fully saturated rings. The molecule has 0 aromatic heterocycles. The number of methoxy groups -OCH3 is 1. The molecule has 120 valence electrons. The van der Waals surface area contributed by atoms with Crippen molar-refractivity contribution in [3.63, 3.8) is 0 Å². The van der Waals surface area contributed by atoms with Crippen LogP contribution in [0.15, 0.2) is 12.1 Å². The van der Waals surface area contributed by atoms with Crippen LogP contribution in [0.2, 0.25) is 0 Å². The van der Waals surface area contributed by atoms with Crippen molar-refractivity contribution in [2.24, 2.45) is 5.73 Å². The number of hydrogen-bond acceptors (Lipinski definition) is 5. The number of fused-ring (bicyclic) bond motifs is 1. The van der Waals surface area contributed by atoms with E-state index in [-0.39, 0.29) is 5.41 Å². The second-order valence-corrected chi connectivity index (χ2v) is 6.16. The zero-order chi connectivity index (χ0) is 15.7. The first-order valence-electron chi connectivity index (χ1n) is 7.49. The highest BCUT2D eigenvalue weighted by molar-refractivity contribution is 5.94. The van der Waals surface area contributed by atoms with Crippen molar-refractivity contribution < 1.29 is 19.0 Å². The first-order chi connectivity index (χ1) is 10.5. The van der Waals surface area contributed by atoms with Gasteiger partial charge in [0.15, 0.2) is 11.5 Å². The molecule has 1 aromatic rings. The molecule has 1 saturated heterocycles. The molecule has 1 unspecified atom stereocenters. The van der Waals surface area contributed by atoms with Crippen molar-refractivity contribution in [3.8, 4) is 11.5 Å². The highest BCUT2D eigenvalue weighted by atomic mass is 16.5. The van der Waals surface area contributed by atoms with Gasteiger partial charge in [0.25, 0.3) is 0 Å². The number of carbonyl (C=O) groups excluding carboxylic acids is 1. The van der Waals surface area contributed by atoms with Crippen LogP contribution < -0.4 is 15.2 Å². The van der Waals surface area contributed by atoms with Gasteiger partial charge in [-0.1, -0.05) is 6.92 Å². The van der Waals surface area contributed by atoms with Crippen LogP contribution in [-0.2, 0) is 10.2 Å². The summed E-state index contributed by atoms with van der Waals surface area (Å²) in [5.74, 6) is 0.835. The van der Waals surface area contributed by atoms with Gasteiger partial charge < -0.3 is 19.9 Å². The van der Waals surface area contributed by atoms with Gasteiger partial charge in [-0.25, -0.2) is 0 Å². The van der Waals surface area contributed by atoms with Crippen LogP contribution in [0.5, 0.6) is 11.5 Å². The molecule has 0 saturated carbocycles. The molecule has 2 heterocycles. The molecule has 1 aromatic carbocycles. The maximum absolute atomic E-state index is 11.6. The quantitative estimate of drug-likeness (QED) is 0.889. The minimum absolute atomic E-state index is 0.189. The smallest absolute Gasteiger partial charge is 0.248 e. The summed E-state index contributed by atoms with van der Waals surface area (Å²) in [6.45, 7) is 6.92. The van der Waals surface area contributed by atoms with Crippen LogP contribution in [0.4, 0.5) is 0 Å². The van der Waals surface area contributed by atoms with Crippen LogP contribution in [0.3, 0.4) is 0 Å². The lowest BCUT2D eigenvalue weighted by Crippen LogP contribution is -2.45. The Labute approximate surface area is 130 Å². The molecule has 22 heavy (non-hydrogen) atoms. The fourth-order valence-corrected chi connectivity index (χ4v) is 3.19. The molecule has 0 spiro atoms. The fourth-order valence-electron chi connectivity index (χ4n) is 3.19. The van der Waals surface area contributed by atoms with Crippen molar-refractivity contribution in [2.75, 3.05) is 46.6 Å². The van der Waals surface area contributed by atoms with E-state index in [1.807, 2.05) is 6.07 Å². The lowest BCUT2D eigenvalue weighted by Gasteiger charge is -2.34. The number of morpholine rings is 1. The highest BCUT2D eigenvalue weighted by Crippen LogP contribution is 2.45. The molecule has 6 nitrogen and oxygen atoms in total. The largest absolute Gasteiger partial charge is 0.493 e. The van der Waals surface area contributed by atoms with Crippen LogP contribution in [0.25, 0.3) is 0 Å². The standard InChI is InChI=1S/C16H22N2O4/c1-16(9-18-3-5-21-6-4-18)10-22-14-12(16)7-11(15(17)19)8-13(14)20-2/h7-8H,3-6,9-10H2,1-2H3,(H2,17,19). The Morgan fingerprint density at radius 3 is 2.77 bits per heavy atom. The van der Waals surface area contributed by atoms with Gasteiger partial charge in [0.2, 0.25) is 5.91 Å². The minimum atomic E-state index is -0.457. The third-order valence-electron chi connectivity index (χ3n) is 4.42. The number of nitrogens with two attached hydrogens (primary N) is 1. The Balaban J connectivity index is 1.94. The molecule has 0 radical (unpaired) electrons. The van der Waals surface area contributed by atoms with Gasteiger partial charge in [-0.05, 0) is 12.1 Å². The second kappa shape index (κ2) is 5.78. The average Bonchev–Trinajstić information content (AvgIpc) is 2.84. The van der Waals surface area contributed by atoms with Crippen LogP contribution in [0.1, 0.15) is 22.8 Å². The Hall–Kier alpha value is -1.79. The van der Waals surface area contributed by atoms with E-state index in [1.54, 1.807) is 13.2 Å². The van der Waals surface area contributed by atoms with Crippen LogP contribution >= 0.6 is 0 Å². The molecule has 1 amide bonds. The zero-order valence-electron chi connectivity index (χ0n) is 13.1. The van der Waals surface area contributed by atoms with E-state index in [0.29, 0.717) is 17.9 Å². The Bertz CT molecular complexity index is 584. The molecule has 2 aliphatic rings. The van der Waals surface area contributed by atoms with E-state index in [0.717, 1.165) is 44.2 Å². The monoisotopic (exact) mass is 306 g/mol. The molecule has 3 rings (SSSR count). The Morgan fingerprint density at radius 2 is 2.14 bits per heavy atom. The summed E-state index contributed by atoms with van der Waals surface area (Å²) in [6, 6.07) is 3.48. The summed E-state index contributed by atoms with van der Waals surface area (Å²) in [6.07, 6.45) is 0. The number of hydrogen-bond donors (Lipinski definition) is 1. The molecular weight excluding hydrogens is 284 g/mol. The predicted octanol–water partition coefficient (Wildman–Crippen LogP) is 0.776. The summed E-state index contributed by atoms with van der Waals surface area (Å²) in [5.41, 5.74) is 6.70. The van der Waals surface area contributed by atoms with E-state index in [4.69, 9.17) is 19.9 Å².